The molecule has 0 bridgehead atoms. The molecule has 5 heteroatoms. The van der Waals surface area contributed by atoms with E-state index >= 15 is 0 Å². The zero-order valence-corrected chi connectivity index (χ0v) is 11.6. The Labute approximate surface area is 118 Å². The van der Waals surface area contributed by atoms with Crippen molar-refractivity contribution in [1.29, 1.82) is 0 Å². The third kappa shape index (κ3) is 2.67. The highest BCUT2D eigenvalue weighted by Crippen LogP contribution is 2.35. The Balaban J connectivity index is 2.32. The molecule has 1 aliphatic rings. The van der Waals surface area contributed by atoms with Gasteiger partial charge in [0.1, 0.15) is 0 Å². The van der Waals surface area contributed by atoms with Crippen LogP contribution in [0.4, 0.5) is 5.69 Å². The van der Waals surface area contributed by atoms with Crippen LogP contribution >= 0.6 is 0 Å². The van der Waals surface area contributed by atoms with Gasteiger partial charge in [-0.2, -0.15) is 0 Å². The Morgan fingerprint density at radius 2 is 2.15 bits per heavy atom. The molecule has 108 valence electrons. The lowest BCUT2D eigenvalue weighted by Crippen LogP contribution is -2.47. The molecule has 2 unspecified atom stereocenters. The lowest BCUT2D eigenvalue weighted by molar-refractivity contribution is -0.139. The number of aliphatic carboxylic acids is 1. The molecule has 1 heterocycles. The van der Waals surface area contributed by atoms with Gasteiger partial charge < -0.3 is 15.7 Å². The number of benzene rings is 1. The van der Waals surface area contributed by atoms with E-state index < -0.39 is 17.9 Å². The number of hydrogen-bond acceptors (Lipinski definition) is 3. The van der Waals surface area contributed by atoms with E-state index in [9.17, 15) is 14.7 Å². The standard InChI is InChI=1S/C15H20N2O3/c1-2-5-12(16)14(18)17-9-8-11(15(19)20)10-6-3-4-7-13(10)17/h3-4,6-7,11-12H,2,5,8-9,16H2,1H3,(H,19,20). The molecule has 3 N–H and O–H groups in total. The number of para-hydroxylation sites is 1. The summed E-state index contributed by atoms with van der Waals surface area (Å²) in [6, 6.07) is 6.66. The highest BCUT2D eigenvalue weighted by molar-refractivity contribution is 5.99. The van der Waals surface area contributed by atoms with E-state index in [4.69, 9.17) is 5.73 Å². The number of carbonyl (C=O) groups is 2. The van der Waals surface area contributed by atoms with Crippen LogP contribution in [0.15, 0.2) is 24.3 Å². The lowest BCUT2D eigenvalue weighted by Gasteiger charge is -2.34. The minimum Gasteiger partial charge on any atom is -0.481 e. The number of nitrogens with zero attached hydrogens (tertiary/aromatic N) is 1. The summed E-state index contributed by atoms with van der Waals surface area (Å²) in [6.07, 6.45) is 1.91. The average Bonchev–Trinajstić information content (AvgIpc) is 2.45. The van der Waals surface area contributed by atoms with Gasteiger partial charge in [-0.05, 0) is 24.5 Å². The first-order valence-electron chi connectivity index (χ1n) is 6.95. The maximum atomic E-state index is 12.4. The number of anilines is 1. The molecular formula is C15H20N2O3. The van der Waals surface area contributed by atoms with Crippen LogP contribution in [0.2, 0.25) is 0 Å². The van der Waals surface area contributed by atoms with Gasteiger partial charge in [-0.25, -0.2) is 0 Å². The highest BCUT2D eigenvalue weighted by Gasteiger charge is 2.33. The second kappa shape index (κ2) is 6.05. The van der Waals surface area contributed by atoms with Gasteiger partial charge in [0.25, 0.3) is 0 Å². The molecule has 1 aliphatic heterocycles. The molecule has 0 aromatic heterocycles. The highest BCUT2D eigenvalue weighted by atomic mass is 16.4. The third-order valence-corrected chi connectivity index (χ3v) is 3.73. The second-order valence-corrected chi connectivity index (χ2v) is 5.12. The second-order valence-electron chi connectivity index (χ2n) is 5.12. The summed E-state index contributed by atoms with van der Waals surface area (Å²) in [5.41, 5.74) is 7.28. The summed E-state index contributed by atoms with van der Waals surface area (Å²) < 4.78 is 0. The monoisotopic (exact) mass is 276 g/mol. The van der Waals surface area contributed by atoms with Crippen molar-refractivity contribution in [3.05, 3.63) is 29.8 Å². The van der Waals surface area contributed by atoms with E-state index in [1.807, 2.05) is 13.0 Å². The summed E-state index contributed by atoms with van der Waals surface area (Å²) in [5, 5.41) is 9.28. The van der Waals surface area contributed by atoms with Crippen molar-refractivity contribution in [2.75, 3.05) is 11.4 Å². The van der Waals surface area contributed by atoms with Crippen LogP contribution in [0.1, 0.15) is 37.7 Å². The predicted octanol–water partition coefficient (Wildman–Crippen LogP) is 1.72. The zero-order valence-electron chi connectivity index (χ0n) is 11.6. The van der Waals surface area contributed by atoms with E-state index in [0.717, 1.165) is 6.42 Å². The molecule has 0 aliphatic carbocycles. The maximum absolute atomic E-state index is 12.4. The normalized spacial score (nSPS) is 19.3. The van der Waals surface area contributed by atoms with Crippen LogP contribution in [0.5, 0.6) is 0 Å². The largest absolute Gasteiger partial charge is 0.481 e. The molecule has 0 saturated carbocycles. The predicted molar refractivity (Wildman–Crippen MR) is 76.7 cm³/mol. The van der Waals surface area contributed by atoms with Crippen molar-refractivity contribution in [2.45, 2.75) is 38.1 Å². The summed E-state index contributed by atoms with van der Waals surface area (Å²) >= 11 is 0. The van der Waals surface area contributed by atoms with E-state index in [0.29, 0.717) is 30.6 Å². The van der Waals surface area contributed by atoms with E-state index in [1.165, 1.54) is 0 Å². The van der Waals surface area contributed by atoms with Crippen molar-refractivity contribution in [3.8, 4) is 0 Å². The van der Waals surface area contributed by atoms with Crippen molar-refractivity contribution in [3.63, 3.8) is 0 Å². The van der Waals surface area contributed by atoms with Crippen molar-refractivity contribution >= 4 is 17.6 Å². The van der Waals surface area contributed by atoms with Crippen LogP contribution in [0.25, 0.3) is 0 Å². The van der Waals surface area contributed by atoms with Crippen molar-refractivity contribution in [1.82, 2.24) is 0 Å². The van der Waals surface area contributed by atoms with Crippen molar-refractivity contribution in [2.24, 2.45) is 5.73 Å². The van der Waals surface area contributed by atoms with Gasteiger partial charge in [0.15, 0.2) is 0 Å². The average molecular weight is 276 g/mol. The van der Waals surface area contributed by atoms with E-state index in [2.05, 4.69) is 0 Å². The van der Waals surface area contributed by atoms with Crippen LogP contribution < -0.4 is 10.6 Å². The first-order chi connectivity index (χ1) is 9.56. The molecule has 1 amide bonds. The number of carboxylic acids is 1. The fraction of sp³-hybridized carbons (Fsp3) is 0.467. The fourth-order valence-electron chi connectivity index (χ4n) is 2.68. The van der Waals surface area contributed by atoms with Crippen LogP contribution in [0, 0.1) is 0 Å². The van der Waals surface area contributed by atoms with Crippen molar-refractivity contribution < 1.29 is 14.7 Å². The Bertz CT molecular complexity index is 516. The van der Waals surface area contributed by atoms with Crippen LogP contribution in [0.3, 0.4) is 0 Å². The smallest absolute Gasteiger partial charge is 0.311 e. The molecular weight excluding hydrogens is 256 g/mol. The van der Waals surface area contributed by atoms with Crippen LogP contribution in [-0.4, -0.2) is 29.6 Å². The molecule has 2 atom stereocenters. The Morgan fingerprint density at radius 1 is 1.45 bits per heavy atom. The number of carboxylic acid groups (broad SMARTS) is 1. The van der Waals surface area contributed by atoms with Gasteiger partial charge in [0.05, 0.1) is 12.0 Å². The minimum atomic E-state index is -0.845. The summed E-state index contributed by atoms with van der Waals surface area (Å²) in [6.45, 7) is 2.39. The first-order valence-corrected chi connectivity index (χ1v) is 6.95. The Morgan fingerprint density at radius 3 is 2.80 bits per heavy atom. The topological polar surface area (TPSA) is 83.6 Å². The number of hydrogen-bond donors (Lipinski definition) is 2. The fourth-order valence-corrected chi connectivity index (χ4v) is 2.68. The number of nitrogens with two attached hydrogens (primary N) is 1. The van der Waals surface area contributed by atoms with Gasteiger partial charge in [-0.3, -0.25) is 9.59 Å². The third-order valence-electron chi connectivity index (χ3n) is 3.73. The van der Waals surface area contributed by atoms with Gasteiger partial charge in [-0.15, -0.1) is 0 Å². The van der Waals surface area contributed by atoms with Crippen LogP contribution in [-0.2, 0) is 9.59 Å². The number of fused-ring (bicyclic) bond motifs is 1. The summed E-state index contributed by atoms with van der Waals surface area (Å²) in [5.74, 6) is -1.51. The first kappa shape index (κ1) is 14.5. The SMILES string of the molecule is CCCC(N)C(=O)N1CCC(C(=O)O)c2ccccc21. The van der Waals surface area contributed by atoms with Gasteiger partial charge in [0, 0.05) is 12.2 Å². The maximum Gasteiger partial charge on any atom is 0.311 e. The molecule has 0 fully saturated rings. The Kier molecular flexibility index (Phi) is 4.39. The number of rotatable bonds is 4. The summed E-state index contributed by atoms with van der Waals surface area (Å²) in [7, 11) is 0. The molecule has 5 nitrogen and oxygen atoms in total. The minimum absolute atomic E-state index is 0.122. The summed E-state index contributed by atoms with van der Waals surface area (Å²) in [4.78, 5) is 25.3. The van der Waals surface area contributed by atoms with Gasteiger partial charge >= 0.3 is 5.97 Å². The quantitative estimate of drug-likeness (QED) is 0.877. The Hall–Kier alpha value is -1.88. The van der Waals surface area contributed by atoms with Gasteiger partial charge in [-0.1, -0.05) is 31.5 Å². The number of amides is 1. The van der Waals surface area contributed by atoms with Gasteiger partial charge in [0.2, 0.25) is 5.91 Å². The molecule has 1 aromatic carbocycles. The molecule has 1 aromatic rings. The molecule has 0 radical (unpaired) electrons. The molecule has 2 rings (SSSR count). The van der Waals surface area contributed by atoms with E-state index in [-0.39, 0.29) is 5.91 Å². The van der Waals surface area contributed by atoms with E-state index in [1.54, 1.807) is 23.1 Å². The molecule has 20 heavy (non-hydrogen) atoms. The zero-order chi connectivity index (χ0) is 14.7. The molecule has 0 spiro atoms. The molecule has 0 saturated heterocycles. The lowest BCUT2D eigenvalue weighted by atomic mass is 9.89. The number of carbonyl (C=O) groups excluding carboxylic acids is 1.